The van der Waals surface area contributed by atoms with Crippen LogP contribution in [0.4, 0.5) is 5.69 Å². The van der Waals surface area contributed by atoms with Crippen molar-refractivity contribution in [1.82, 2.24) is 10.6 Å². The SMILES string of the molecule is CCNC(=NCc1cccc(NC(C)=O)c1)NC(C)c1ccccc1. The molecule has 0 aromatic heterocycles. The Kier molecular flexibility index (Phi) is 7.01. The van der Waals surface area contributed by atoms with Gasteiger partial charge in [-0.25, -0.2) is 4.99 Å². The predicted molar refractivity (Wildman–Crippen MR) is 104 cm³/mol. The van der Waals surface area contributed by atoms with Crippen molar-refractivity contribution in [3.63, 3.8) is 0 Å². The third-order valence-electron chi connectivity index (χ3n) is 3.66. The van der Waals surface area contributed by atoms with E-state index >= 15 is 0 Å². The Labute approximate surface area is 149 Å². The Morgan fingerprint density at radius 2 is 1.88 bits per heavy atom. The van der Waals surface area contributed by atoms with Gasteiger partial charge in [0.2, 0.25) is 5.91 Å². The van der Waals surface area contributed by atoms with Crippen molar-refractivity contribution >= 4 is 17.6 Å². The van der Waals surface area contributed by atoms with Crippen LogP contribution in [0.1, 0.15) is 37.9 Å². The largest absolute Gasteiger partial charge is 0.357 e. The maximum Gasteiger partial charge on any atom is 0.221 e. The average Bonchev–Trinajstić information content (AvgIpc) is 2.60. The second-order valence-electron chi connectivity index (χ2n) is 5.85. The van der Waals surface area contributed by atoms with E-state index in [1.807, 2.05) is 49.4 Å². The van der Waals surface area contributed by atoms with Gasteiger partial charge < -0.3 is 16.0 Å². The lowest BCUT2D eigenvalue weighted by Crippen LogP contribution is -2.38. The van der Waals surface area contributed by atoms with Crippen molar-refractivity contribution in [2.24, 2.45) is 4.99 Å². The van der Waals surface area contributed by atoms with Gasteiger partial charge in [0.15, 0.2) is 5.96 Å². The molecule has 1 unspecified atom stereocenters. The minimum Gasteiger partial charge on any atom is -0.357 e. The van der Waals surface area contributed by atoms with Crippen LogP contribution in [-0.2, 0) is 11.3 Å². The van der Waals surface area contributed by atoms with Crippen molar-refractivity contribution in [3.05, 3.63) is 65.7 Å². The number of rotatable bonds is 6. The van der Waals surface area contributed by atoms with E-state index in [2.05, 4.69) is 40.0 Å². The molecule has 2 rings (SSSR count). The Bertz CT molecular complexity index is 713. The Morgan fingerprint density at radius 3 is 2.56 bits per heavy atom. The molecule has 0 heterocycles. The summed E-state index contributed by atoms with van der Waals surface area (Å²) in [5.74, 6) is 0.691. The second kappa shape index (κ2) is 9.47. The first-order valence-corrected chi connectivity index (χ1v) is 8.54. The second-order valence-corrected chi connectivity index (χ2v) is 5.85. The van der Waals surface area contributed by atoms with Crippen LogP contribution in [-0.4, -0.2) is 18.4 Å². The highest BCUT2D eigenvalue weighted by molar-refractivity contribution is 5.88. The van der Waals surface area contributed by atoms with Gasteiger partial charge in [0.1, 0.15) is 0 Å². The average molecular weight is 338 g/mol. The molecule has 132 valence electrons. The van der Waals surface area contributed by atoms with Crippen LogP contribution in [0.2, 0.25) is 0 Å². The van der Waals surface area contributed by atoms with Crippen LogP contribution < -0.4 is 16.0 Å². The van der Waals surface area contributed by atoms with Gasteiger partial charge in [-0.3, -0.25) is 4.79 Å². The molecule has 25 heavy (non-hydrogen) atoms. The monoisotopic (exact) mass is 338 g/mol. The summed E-state index contributed by atoms with van der Waals surface area (Å²) in [6.07, 6.45) is 0. The van der Waals surface area contributed by atoms with Gasteiger partial charge >= 0.3 is 0 Å². The number of amides is 1. The summed E-state index contributed by atoms with van der Waals surface area (Å²) < 4.78 is 0. The summed E-state index contributed by atoms with van der Waals surface area (Å²) in [6.45, 7) is 6.98. The summed E-state index contributed by atoms with van der Waals surface area (Å²) in [5.41, 5.74) is 3.03. The number of anilines is 1. The highest BCUT2D eigenvalue weighted by Crippen LogP contribution is 2.13. The van der Waals surface area contributed by atoms with E-state index in [0.29, 0.717) is 6.54 Å². The molecular weight excluding hydrogens is 312 g/mol. The van der Waals surface area contributed by atoms with Gasteiger partial charge in [0.25, 0.3) is 0 Å². The lowest BCUT2D eigenvalue weighted by Gasteiger charge is -2.18. The number of nitrogens with zero attached hydrogens (tertiary/aromatic N) is 1. The molecule has 2 aromatic carbocycles. The maximum absolute atomic E-state index is 11.2. The van der Waals surface area contributed by atoms with Gasteiger partial charge in [-0.1, -0.05) is 42.5 Å². The predicted octanol–water partition coefficient (Wildman–Crippen LogP) is 3.46. The zero-order chi connectivity index (χ0) is 18.1. The van der Waals surface area contributed by atoms with Crippen molar-refractivity contribution in [2.45, 2.75) is 33.4 Å². The molecule has 1 amide bonds. The van der Waals surface area contributed by atoms with E-state index in [1.165, 1.54) is 12.5 Å². The van der Waals surface area contributed by atoms with Crippen LogP contribution in [0.5, 0.6) is 0 Å². The molecule has 0 bridgehead atoms. The highest BCUT2D eigenvalue weighted by Gasteiger charge is 2.07. The fourth-order valence-electron chi connectivity index (χ4n) is 2.47. The maximum atomic E-state index is 11.2. The minimum absolute atomic E-state index is 0.0765. The summed E-state index contributed by atoms with van der Waals surface area (Å²) in [4.78, 5) is 15.8. The summed E-state index contributed by atoms with van der Waals surface area (Å²) in [6, 6.07) is 18.2. The third kappa shape index (κ3) is 6.30. The molecule has 3 N–H and O–H groups in total. The number of hydrogen-bond acceptors (Lipinski definition) is 2. The molecule has 1 atom stereocenters. The molecule has 5 heteroatoms. The molecule has 0 radical (unpaired) electrons. The van der Waals surface area contributed by atoms with Crippen molar-refractivity contribution in [1.29, 1.82) is 0 Å². The standard InChI is InChI=1S/C20H26N4O/c1-4-21-20(23-15(2)18-10-6-5-7-11-18)22-14-17-9-8-12-19(13-17)24-16(3)25/h5-13,15H,4,14H2,1-3H3,(H,24,25)(H2,21,22,23). The molecule has 0 saturated heterocycles. The van der Waals surface area contributed by atoms with E-state index in [9.17, 15) is 4.79 Å². The van der Waals surface area contributed by atoms with Gasteiger partial charge in [-0.15, -0.1) is 0 Å². The lowest BCUT2D eigenvalue weighted by atomic mass is 10.1. The molecule has 2 aromatic rings. The Morgan fingerprint density at radius 1 is 1.12 bits per heavy atom. The van der Waals surface area contributed by atoms with E-state index in [0.717, 1.165) is 23.8 Å². The topological polar surface area (TPSA) is 65.5 Å². The first-order valence-electron chi connectivity index (χ1n) is 8.54. The molecule has 0 aliphatic carbocycles. The van der Waals surface area contributed by atoms with Gasteiger partial charge in [0.05, 0.1) is 12.6 Å². The molecular formula is C20H26N4O. The quantitative estimate of drug-likeness (QED) is 0.558. The van der Waals surface area contributed by atoms with Crippen LogP contribution in [0.3, 0.4) is 0 Å². The number of guanidine groups is 1. The van der Waals surface area contributed by atoms with Gasteiger partial charge in [0, 0.05) is 19.2 Å². The van der Waals surface area contributed by atoms with Crippen LogP contribution in [0.25, 0.3) is 0 Å². The number of carbonyl (C=O) groups excluding carboxylic acids is 1. The molecule has 0 aliphatic heterocycles. The fraction of sp³-hybridized carbons (Fsp3) is 0.300. The minimum atomic E-state index is -0.0765. The number of carbonyl (C=O) groups is 1. The van der Waals surface area contributed by atoms with Crippen molar-refractivity contribution < 1.29 is 4.79 Å². The molecule has 0 spiro atoms. The van der Waals surface area contributed by atoms with E-state index < -0.39 is 0 Å². The van der Waals surface area contributed by atoms with Crippen LogP contribution in [0.15, 0.2) is 59.6 Å². The molecule has 0 aliphatic rings. The van der Waals surface area contributed by atoms with Gasteiger partial charge in [-0.2, -0.15) is 0 Å². The zero-order valence-corrected chi connectivity index (χ0v) is 15.0. The third-order valence-corrected chi connectivity index (χ3v) is 3.66. The highest BCUT2D eigenvalue weighted by atomic mass is 16.1. The molecule has 0 saturated carbocycles. The molecule has 5 nitrogen and oxygen atoms in total. The van der Waals surface area contributed by atoms with E-state index in [4.69, 9.17) is 0 Å². The van der Waals surface area contributed by atoms with E-state index in [1.54, 1.807) is 0 Å². The van der Waals surface area contributed by atoms with E-state index in [-0.39, 0.29) is 11.9 Å². The van der Waals surface area contributed by atoms with Crippen molar-refractivity contribution in [3.8, 4) is 0 Å². The molecule has 0 fully saturated rings. The summed E-state index contributed by atoms with van der Waals surface area (Å²) in [7, 11) is 0. The Balaban J connectivity index is 2.05. The fourth-order valence-corrected chi connectivity index (χ4v) is 2.47. The summed E-state index contributed by atoms with van der Waals surface area (Å²) in [5, 5.41) is 9.48. The number of nitrogens with one attached hydrogen (secondary N) is 3. The van der Waals surface area contributed by atoms with Crippen LogP contribution >= 0.6 is 0 Å². The zero-order valence-electron chi connectivity index (χ0n) is 15.0. The first-order chi connectivity index (χ1) is 12.1. The number of hydrogen-bond donors (Lipinski definition) is 3. The first kappa shape index (κ1) is 18.5. The smallest absolute Gasteiger partial charge is 0.221 e. The van der Waals surface area contributed by atoms with Crippen molar-refractivity contribution in [2.75, 3.05) is 11.9 Å². The normalized spacial score (nSPS) is 12.4. The Hall–Kier alpha value is -2.82. The number of benzene rings is 2. The summed E-state index contributed by atoms with van der Waals surface area (Å²) >= 11 is 0. The lowest BCUT2D eigenvalue weighted by molar-refractivity contribution is -0.114. The number of aliphatic imine (C=N–C) groups is 1. The van der Waals surface area contributed by atoms with Gasteiger partial charge in [-0.05, 0) is 37.1 Å². The van der Waals surface area contributed by atoms with Crippen LogP contribution in [0, 0.1) is 0 Å².